The van der Waals surface area contributed by atoms with E-state index in [1.807, 2.05) is 13.8 Å². The molecule has 0 atom stereocenters. The number of aromatic nitrogens is 2. The van der Waals surface area contributed by atoms with Crippen molar-refractivity contribution in [2.75, 3.05) is 18.5 Å². The van der Waals surface area contributed by atoms with Gasteiger partial charge in [-0.15, -0.1) is 0 Å². The molecule has 1 heterocycles. The number of carboxylic acid groups (broad SMARTS) is 1. The molecule has 0 bridgehead atoms. The number of nitrogens with one attached hydrogen (secondary N) is 1. The molecule has 7 heteroatoms. The van der Waals surface area contributed by atoms with Crippen molar-refractivity contribution in [2.24, 2.45) is 0 Å². The molecule has 21 heavy (non-hydrogen) atoms. The minimum atomic E-state index is -1.12. The van der Waals surface area contributed by atoms with Gasteiger partial charge in [0.15, 0.2) is 0 Å². The first-order chi connectivity index (χ1) is 9.95. The molecule has 0 radical (unpaired) electrons. The Balaban J connectivity index is 2.07. The van der Waals surface area contributed by atoms with Crippen LogP contribution in [-0.2, 0) is 14.3 Å². The average molecular weight is 289 g/mol. The van der Waals surface area contributed by atoms with Gasteiger partial charge in [0.05, 0.1) is 22.4 Å². The molecule has 0 aliphatic rings. The first-order valence-corrected chi connectivity index (χ1v) is 6.30. The van der Waals surface area contributed by atoms with Gasteiger partial charge in [-0.05, 0) is 32.0 Å². The number of anilines is 1. The Bertz CT molecular complexity index is 700. The lowest BCUT2D eigenvalue weighted by Gasteiger charge is -2.07. The summed E-state index contributed by atoms with van der Waals surface area (Å²) in [7, 11) is 0. The van der Waals surface area contributed by atoms with Gasteiger partial charge in [-0.3, -0.25) is 4.79 Å². The number of amides is 1. The molecule has 1 amide bonds. The summed E-state index contributed by atoms with van der Waals surface area (Å²) in [6, 6.07) is 5.19. The molecule has 1 aromatic heterocycles. The van der Waals surface area contributed by atoms with Gasteiger partial charge in [0.1, 0.15) is 13.2 Å². The predicted molar refractivity (Wildman–Crippen MR) is 76.1 cm³/mol. The van der Waals surface area contributed by atoms with E-state index in [-0.39, 0.29) is 6.61 Å². The van der Waals surface area contributed by atoms with E-state index in [9.17, 15) is 9.59 Å². The topological polar surface area (TPSA) is 101 Å². The van der Waals surface area contributed by atoms with E-state index in [0.717, 1.165) is 16.9 Å². The number of carbonyl (C=O) groups excluding carboxylic acids is 1. The maximum absolute atomic E-state index is 11.6. The highest BCUT2D eigenvalue weighted by Gasteiger charge is 2.07. The van der Waals surface area contributed by atoms with E-state index in [1.165, 1.54) is 0 Å². The van der Waals surface area contributed by atoms with Crippen LogP contribution in [0.1, 0.15) is 11.4 Å². The molecule has 7 nitrogen and oxygen atoms in total. The summed E-state index contributed by atoms with van der Waals surface area (Å²) in [5.74, 6) is -1.54. The highest BCUT2D eigenvalue weighted by molar-refractivity contribution is 5.93. The number of ether oxygens (including phenoxy) is 1. The summed E-state index contributed by atoms with van der Waals surface area (Å²) >= 11 is 0. The van der Waals surface area contributed by atoms with Crippen molar-refractivity contribution in [1.29, 1.82) is 0 Å². The number of carbonyl (C=O) groups is 2. The first kappa shape index (κ1) is 14.9. The van der Waals surface area contributed by atoms with Crippen LogP contribution in [0.15, 0.2) is 18.2 Å². The summed E-state index contributed by atoms with van der Waals surface area (Å²) in [4.78, 5) is 30.7. The van der Waals surface area contributed by atoms with Crippen molar-refractivity contribution in [3.05, 3.63) is 29.6 Å². The fourth-order valence-corrected chi connectivity index (χ4v) is 1.74. The lowest BCUT2D eigenvalue weighted by Crippen LogP contribution is -2.20. The minimum absolute atomic E-state index is 0.317. The first-order valence-electron chi connectivity index (χ1n) is 6.30. The van der Waals surface area contributed by atoms with Crippen LogP contribution >= 0.6 is 0 Å². The van der Waals surface area contributed by atoms with Crippen LogP contribution < -0.4 is 5.32 Å². The average Bonchev–Trinajstić information content (AvgIpc) is 2.40. The Labute approximate surface area is 121 Å². The van der Waals surface area contributed by atoms with E-state index < -0.39 is 18.5 Å². The van der Waals surface area contributed by atoms with Crippen molar-refractivity contribution < 1.29 is 19.4 Å². The number of carboxylic acids is 1. The SMILES string of the molecule is Cc1nc2ccc(NC(=O)COCC(=O)O)cc2nc1C. The zero-order valence-corrected chi connectivity index (χ0v) is 11.7. The van der Waals surface area contributed by atoms with Gasteiger partial charge in [0.25, 0.3) is 0 Å². The standard InChI is InChI=1S/C14H15N3O4/c1-8-9(2)16-12-5-10(3-4-11(12)15-8)17-13(18)6-21-7-14(19)20/h3-5H,6-7H2,1-2H3,(H,17,18)(H,19,20). The molecule has 1 aromatic carbocycles. The maximum Gasteiger partial charge on any atom is 0.329 e. The number of benzene rings is 1. The van der Waals surface area contributed by atoms with Gasteiger partial charge in [-0.1, -0.05) is 0 Å². The van der Waals surface area contributed by atoms with Crippen molar-refractivity contribution in [1.82, 2.24) is 9.97 Å². The molecule has 0 spiro atoms. The monoisotopic (exact) mass is 289 g/mol. The van der Waals surface area contributed by atoms with Crippen molar-refractivity contribution in [3.63, 3.8) is 0 Å². The third-order valence-corrected chi connectivity index (χ3v) is 2.82. The number of rotatable bonds is 5. The van der Waals surface area contributed by atoms with Gasteiger partial charge in [0.2, 0.25) is 5.91 Å². The Morgan fingerprint density at radius 3 is 2.48 bits per heavy atom. The van der Waals surface area contributed by atoms with E-state index in [2.05, 4.69) is 15.3 Å². The zero-order valence-electron chi connectivity index (χ0n) is 11.7. The van der Waals surface area contributed by atoms with Crippen LogP contribution in [0.3, 0.4) is 0 Å². The summed E-state index contributed by atoms with van der Waals surface area (Å²) in [5.41, 5.74) is 3.68. The van der Waals surface area contributed by atoms with Gasteiger partial charge in [-0.25, -0.2) is 14.8 Å². The van der Waals surface area contributed by atoms with Crippen LogP contribution in [0.4, 0.5) is 5.69 Å². The van der Waals surface area contributed by atoms with Crippen molar-refractivity contribution in [3.8, 4) is 0 Å². The third-order valence-electron chi connectivity index (χ3n) is 2.82. The molecule has 0 saturated heterocycles. The Morgan fingerprint density at radius 1 is 1.14 bits per heavy atom. The van der Waals surface area contributed by atoms with Crippen molar-refractivity contribution >= 4 is 28.6 Å². The number of aliphatic carboxylic acids is 1. The fraction of sp³-hybridized carbons (Fsp3) is 0.286. The van der Waals surface area contributed by atoms with Crippen LogP contribution in [0, 0.1) is 13.8 Å². The summed E-state index contributed by atoms with van der Waals surface area (Å²) < 4.78 is 4.71. The molecular weight excluding hydrogens is 274 g/mol. The maximum atomic E-state index is 11.6. The quantitative estimate of drug-likeness (QED) is 0.860. The molecule has 0 fully saturated rings. The molecule has 2 N–H and O–H groups in total. The van der Waals surface area contributed by atoms with Crippen molar-refractivity contribution in [2.45, 2.75) is 13.8 Å². The molecule has 0 aliphatic carbocycles. The smallest absolute Gasteiger partial charge is 0.329 e. The largest absolute Gasteiger partial charge is 0.480 e. The van der Waals surface area contributed by atoms with Crippen LogP contribution in [0.25, 0.3) is 11.0 Å². The molecule has 2 rings (SSSR count). The molecule has 0 saturated carbocycles. The van der Waals surface area contributed by atoms with Gasteiger partial charge in [-0.2, -0.15) is 0 Å². The number of hydrogen-bond acceptors (Lipinski definition) is 5. The number of nitrogens with zero attached hydrogens (tertiary/aromatic N) is 2. The molecule has 2 aromatic rings. The number of fused-ring (bicyclic) bond motifs is 1. The van der Waals surface area contributed by atoms with Crippen LogP contribution in [-0.4, -0.2) is 40.2 Å². The van der Waals surface area contributed by atoms with Gasteiger partial charge in [0, 0.05) is 5.69 Å². The zero-order chi connectivity index (χ0) is 15.4. The lowest BCUT2D eigenvalue weighted by atomic mass is 10.2. The summed E-state index contributed by atoms with van der Waals surface area (Å²) in [5, 5.41) is 11.0. The molecular formula is C14H15N3O4. The lowest BCUT2D eigenvalue weighted by molar-refractivity contribution is -0.143. The number of hydrogen-bond donors (Lipinski definition) is 2. The van der Waals surface area contributed by atoms with Gasteiger partial charge < -0.3 is 15.2 Å². The Morgan fingerprint density at radius 2 is 1.81 bits per heavy atom. The van der Waals surface area contributed by atoms with E-state index >= 15 is 0 Å². The van der Waals surface area contributed by atoms with Crippen LogP contribution in [0.5, 0.6) is 0 Å². The van der Waals surface area contributed by atoms with E-state index in [0.29, 0.717) is 11.2 Å². The molecule has 0 aliphatic heterocycles. The van der Waals surface area contributed by atoms with E-state index in [4.69, 9.17) is 9.84 Å². The van der Waals surface area contributed by atoms with E-state index in [1.54, 1.807) is 18.2 Å². The summed E-state index contributed by atoms with van der Waals surface area (Å²) in [6.07, 6.45) is 0. The highest BCUT2D eigenvalue weighted by atomic mass is 16.5. The van der Waals surface area contributed by atoms with Gasteiger partial charge >= 0.3 is 5.97 Å². The highest BCUT2D eigenvalue weighted by Crippen LogP contribution is 2.17. The molecule has 0 unspecified atom stereocenters. The normalized spacial score (nSPS) is 10.6. The molecule has 110 valence electrons. The Hall–Kier alpha value is -2.54. The second kappa shape index (κ2) is 6.27. The minimum Gasteiger partial charge on any atom is -0.480 e. The Kier molecular flexibility index (Phi) is 4.44. The third kappa shape index (κ3) is 3.96. The second-order valence-corrected chi connectivity index (χ2v) is 4.53. The van der Waals surface area contributed by atoms with Crippen LogP contribution in [0.2, 0.25) is 0 Å². The predicted octanol–water partition coefficient (Wildman–Crippen LogP) is 1.29. The fourth-order valence-electron chi connectivity index (χ4n) is 1.74. The summed E-state index contributed by atoms with van der Waals surface area (Å²) in [6.45, 7) is 2.93. The number of aryl methyl sites for hydroxylation is 2. The second-order valence-electron chi connectivity index (χ2n) is 4.53.